The van der Waals surface area contributed by atoms with E-state index in [1.54, 1.807) is 0 Å². The summed E-state index contributed by atoms with van der Waals surface area (Å²) in [6, 6.07) is 1.14. The fraction of sp³-hybridized carbons (Fsp3) is 0.200. The van der Waals surface area contributed by atoms with Gasteiger partial charge in [-0.05, 0) is 23.7 Å². The van der Waals surface area contributed by atoms with Crippen molar-refractivity contribution in [2.75, 3.05) is 7.11 Å². The summed E-state index contributed by atoms with van der Waals surface area (Å²) < 4.78 is 42.1. The van der Waals surface area contributed by atoms with Crippen LogP contribution in [-0.4, -0.2) is 18.6 Å². The molecule has 0 aliphatic rings. The lowest BCUT2D eigenvalue weighted by Gasteiger charge is -2.12. The topological polar surface area (TPSA) is 43.4 Å². The van der Waals surface area contributed by atoms with Crippen molar-refractivity contribution < 1.29 is 27.5 Å². The highest BCUT2D eigenvalue weighted by Gasteiger charge is 2.33. The minimum Gasteiger partial charge on any atom is -0.495 e. The fourth-order valence-electron chi connectivity index (χ4n) is 1.28. The molecule has 0 saturated carbocycles. The largest absolute Gasteiger partial charge is 0.495 e. The van der Waals surface area contributed by atoms with E-state index >= 15 is 0 Å². The molecule has 0 amide bonds. The number of rotatable bonds is 3. The van der Waals surface area contributed by atoms with Gasteiger partial charge in [0.05, 0.1) is 23.8 Å². The van der Waals surface area contributed by atoms with Crippen LogP contribution < -0.4 is 4.74 Å². The molecule has 17 heavy (non-hydrogen) atoms. The summed E-state index contributed by atoms with van der Waals surface area (Å²) in [6.07, 6.45) is -4.51. The number of ether oxygens (including phenoxy) is 1. The molecule has 92 valence electrons. The summed E-state index contributed by atoms with van der Waals surface area (Å²) >= 11 is 5.14. The molecule has 3 nitrogen and oxygen atoms in total. The number of alkyl halides is 3. The van der Waals surface area contributed by atoms with E-state index in [1.165, 1.54) is 0 Å². The van der Waals surface area contributed by atoms with Gasteiger partial charge >= 0.3 is 6.18 Å². The van der Waals surface area contributed by atoms with Crippen molar-refractivity contribution >= 4 is 23.1 Å². The Kier molecular flexibility index (Phi) is 3.77. The van der Waals surface area contributed by atoms with Gasteiger partial charge in [-0.3, -0.25) is 9.59 Å². The van der Waals surface area contributed by atoms with Crippen molar-refractivity contribution in [1.82, 2.24) is 0 Å². The van der Waals surface area contributed by atoms with E-state index in [1.807, 2.05) is 0 Å². The first kappa shape index (κ1) is 13.5. The second-order valence-corrected chi connectivity index (χ2v) is 3.38. The zero-order chi connectivity index (χ0) is 13.2. The third-order valence-corrected chi connectivity index (χ3v) is 2.19. The van der Waals surface area contributed by atoms with E-state index in [9.17, 15) is 22.8 Å². The number of carbonyl (C=O) groups is 2. The Morgan fingerprint density at radius 2 is 2.00 bits per heavy atom. The van der Waals surface area contributed by atoms with Crippen LogP contribution in [-0.2, 0) is 6.18 Å². The number of hydrogen-bond donors (Lipinski definition) is 0. The third-order valence-electron chi connectivity index (χ3n) is 1.99. The number of benzene rings is 1. The van der Waals surface area contributed by atoms with Crippen LogP contribution in [0.2, 0.25) is 0 Å². The maximum absolute atomic E-state index is 12.5. The molecule has 0 fully saturated rings. The van der Waals surface area contributed by atoms with Crippen LogP contribution in [0.15, 0.2) is 12.1 Å². The molecule has 0 atom stereocenters. The second-order valence-electron chi connectivity index (χ2n) is 3.04. The molecule has 1 aromatic rings. The molecule has 7 heteroatoms. The highest BCUT2D eigenvalue weighted by molar-refractivity contribution is 6.68. The average molecular weight is 267 g/mol. The molecule has 0 aliphatic carbocycles. The Labute approximate surface area is 99.1 Å². The molecule has 0 bridgehead atoms. The van der Waals surface area contributed by atoms with Gasteiger partial charge in [0.15, 0.2) is 6.29 Å². The highest BCUT2D eigenvalue weighted by Crippen LogP contribution is 2.35. The monoisotopic (exact) mass is 266 g/mol. The van der Waals surface area contributed by atoms with Crippen LogP contribution in [0.5, 0.6) is 5.75 Å². The van der Waals surface area contributed by atoms with E-state index in [0.717, 1.165) is 7.11 Å². The number of halogens is 4. The maximum atomic E-state index is 12.5. The SMILES string of the molecule is COc1c(C=O)cc(C(F)(F)F)cc1C(=O)Cl. The van der Waals surface area contributed by atoms with Crippen LogP contribution in [0.4, 0.5) is 13.2 Å². The zero-order valence-electron chi connectivity index (χ0n) is 8.47. The van der Waals surface area contributed by atoms with Gasteiger partial charge in [0.25, 0.3) is 5.24 Å². The van der Waals surface area contributed by atoms with E-state index in [2.05, 4.69) is 0 Å². The Morgan fingerprint density at radius 1 is 1.41 bits per heavy atom. The Hall–Kier alpha value is -1.56. The minimum atomic E-state index is -4.68. The lowest BCUT2D eigenvalue weighted by Crippen LogP contribution is -2.09. The number of aldehydes is 1. The molecule has 0 aromatic heterocycles. The van der Waals surface area contributed by atoms with Crippen molar-refractivity contribution in [2.24, 2.45) is 0 Å². The first-order valence-corrected chi connectivity index (χ1v) is 4.63. The van der Waals surface area contributed by atoms with E-state index in [4.69, 9.17) is 16.3 Å². The van der Waals surface area contributed by atoms with Crippen LogP contribution in [0.25, 0.3) is 0 Å². The van der Waals surface area contributed by atoms with Crippen LogP contribution in [0.3, 0.4) is 0 Å². The maximum Gasteiger partial charge on any atom is 0.416 e. The zero-order valence-corrected chi connectivity index (χ0v) is 9.22. The summed E-state index contributed by atoms with van der Waals surface area (Å²) in [5.41, 5.74) is -2.01. The summed E-state index contributed by atoms with van der Waals surface area (Å²) in [5, 5.41) is -1.13. The van der Waals surface area contributed by atoms with Gasteiger partial charge in [0.1, 0.15) is 5.75 Å². The molecule has 1 aromatic carbocycles. The van der Waals surface area contributed by atoms with Gasteiger partial charge in [-0.1, -0.05) is 0 Å². The molecular weight excluding hydrogens is 261 g/mol. The smallest absolute Gasteiger partial charge is 0.416 e. The third kappa shape index (κ3) is 2.76. The summed E-state index contributed by atoms with van der Waals surface area (Å²) in [5.74, 6) is -0.270. The molecule has 0 saturated heterocycles. The van der Waals surface area contributed by atoms with Gasteiger partial charge in [0.2, 0.25) is 0 Å². The van der Waals surface area contributed by atoms with E-state index in [0.29, 0.717) is 12.1 Å². The highest BCUT2D eigenvalue weighted by atomic mass is 35.5. The molecule has 0 spiro atoms. The van der Waals surface area contributed by atoms with E-state index < -0.39 is 22.5 Å². The minimum absolute atomic E-state index is 0.164. The molecule has 0 unspecified atom stereocenters. The Bertz CT molecular complexity index is 469. The normalized spacial score (nSPS) is 11.1. The molecule has 1 rings (SSSR count). The first-order chi connectivity index (χ1) is 7.81. The Balaban J connectivity index is 3.57. The standard InChI is InChI=1S/C10H6ClF3O3/c1-17-8-5(4-15)2-6(10(12,13)14)3-7(8)9(11)16/h2-4H,1H3. The number of methoxy groups -OCH3 is 1. The predicted octanol–water partition coefficient (Wildman–Crippen LogP) is 2.91. The van der Waals surface area contributed by atoms with Gasteiger partial charge in [0, 0.05) is 0 Å². The van der Waals surface area contributed by atoms with Gasteiger partial charge in [-0.2, -0.15) is 13.2 Å². The molecule has 0 heterocycles. The number of carbonyl (C=O) groups excluding carboxylic acids is 2. The molecule has 0 N–H and O–H groups in total. The van der Waals surface area contributed by atoms with Gasteiger partial charge < -0.3 is 4.74 Å². The van der Waals surface area contributed by atoms with Crippen LogP contribution in [0, 0.1) is 0 Å². The summed E-state index contributed by atoms with van der Waals surface area (Å²) in [7, 11) is 1.12. The van der Waals surface area contributed by atoms with E-state index in [-0.39, 0.29) is 17.6 Å². The molecule has 0 aliphatic heterocycles. The van der Waals surface area contributed by atoms with Crippen molar-refractivity contribution in [3.05, 3.63) is 28.8 Å². The molecule has 0 radical (unpaired) electrons. The lowest BCUT2D eigenvalue weighted by molar-refractivity contribution is -0.137. The first-order valence-electron chi connectivity index (χ1n) is 4.25. The van der Waals surface area contributed by atoms with Crippen LogP contribution >= 0.6 is 11.6 Å². The van der Waals surface area contributed by atoms with Crippen LogP contribution in [0.1, 0.15) is 26.3 Å². The quantitative estimate of drug-likeness (QED) is 0.624. The van der Waals surface area contributed by atoms with Gasteiger partial charge in [-0.15, -0.1) is 0 Å². The Morgan fingerprint density at radius 3 is 2.35 bits per heavy atom. The summed E-state index contributed by atoms with van der Waals surface area (Å²) in [4.78, 5) is 21.6. The van der Waals surface area contributed by atoms with Crippen molar-refractivity contribution in [1.29, 1.82) is 0 Å². The fourth-order valence-corrected chi connectivity index (χ4v) is 1.42. The van der Waals surface area contributed by atoms with Crippen molar-refractivity contribution in [3.63, 3.8) is 0 Å². The van der Waals surface area contributed by atoms with Crippen molar-refractivity contribution in [2.45, 2.75) is 6.18 Å². The van der Waals surface area contributed by atoms with Gasteiger partial charge in [-0.25, -0.2) is 0 Å². The summed E-state index contributed by atoms with van der Waals surface area (Å²) in [6.45, 7) is 0. The lowest BCUT2D eigenvalue weighted by atomic mass is 10.0. The van der Waals surface area contributed by atoms with Crippen molar-refractivity contribution in [3.8, 4) is 5.75 Å². The predicted molar refractivity (Wildman–Crippen MR) is 53.6 cm³/mol. The number of hydrogen-bond acceptors (Lipinski definition) is 3. The second kappa shape index (κ2) is 4.75. The average Bonchev–Trinajstić information content (AvgIpc) is 2.25. The molecular formula is C10H6ClF3O3.